The third-order valence-electron chi connectivity index (χ3n) is 5.37. The van der Waals surface area contributed by atoms with Crippen LogP contribution in [0.2, 0.25) is 0 Å². The molecule has 3 heterocycles. The van der Waals surface area contributed by atoms with Gasteiger partial charge in [-0.05, 0) is 43.0 Å². The molecule has 5 heteroatoms. The number of carbonyl (C=O) groups is 1. The second kappa shape index (κ2) is 7.46. The first-order valence-electron chi connectivity index (χ1n) is 9.37. The van der Waals surface area contributed by atoms with Crippen LogP contribution in [-0.4, -0.2) is 53.0 Å². The van der Waals surface area contributed by atoms with Gasteiger partial charge in [-0.1, -0.05) is 24.3 Å². The number of ether oxygens (including phenoxy) is 1. The maximum atomic E-state index is 12.9. The van der Waals surface area contributed by atoms with Crippen LogP contribution in [0.15, 0.2) is 42.6 Å². The lowest BCUT2D eigenvalue weighted by Crippen LogP contribution is -2.52. The molecular weight excluding hydrogens is 326 g/mol. The summed E-state index contributed by atoms with van der Waals surface area (Å²) in [6.45, 7) is 6.22. The SMILES string of the molecule is Cc1cccnc1CN1CCN(C(=O)C2CCc3ccccc3O2)CC1. The van der Waals surface area contributed by atoms with Crippen molar-refractivity contribution in [2.75, 3.05) is 26.2 Å². The van der Waals surface area contributed by atoms with Crippen molar-refractivity contribution in [1.82, 2.24) is 14.8 Å². The summed E-state index contributed by atoms with van der Waals surface area (Å²) in [5.41, 5.74) is 3.55. The van der Waals surface area contributed by atoms with Crippen molar-refractivity contribution in [3.63, 3.8) is 0 Å². The largest absolute Gasteiger partial charge is 0.480 e. The zero-order valence-corrected chi connectivity index (χ0v) is 15.2. The molecule has 0 aliphatic carbocycles. The minimum atomic E-state index is -0.338. The molecule has 2 aliphatic heterocycles. The summed E-state index contributed by atoms with van der Waals surface area (Å²) in [7, 11) is 0. The minimum Gasteiger partial charge on any atom is -0.480 e. The van der Waals surface area contributed by atoms with Crippen LogP contribution in [0, 0.1) is 6.92 Å². The third kappa shape index (κ3) is 3.58. The fraction of sp³-hybridized carbons (Fsp3) is 0.429. The maximum absolute atomic E-state index is 12.9. The molecule has 1 saturated heterocycles. The number of carbonyl (C=O) groups excluding carboxylic acids is 1. The zero-order chi connectivity index (χ0) is 17.9. The number of fused-ring (bicyclic) bond motifs is 1. The van der Waals surface area contributed by atoms with Gasteiger partial charge in [0.25, 0.3) is 5.91 Å². The Bertz CT molecular complexity index is 784. The quantitative estimate of drug-likeness (QED) is 0.852. The first-order valence-corrected chi connectivity index (χ1v) is 9.37. The van der Waals surface area contributed by atoms with Crippen LogP contribution in [0.4, 0.5) is 0 Å². The third-order valence-corrected chi connectivity index (χ3v) is 5.37. The van der Waals surface area contributed by atoms with Gasteiger partial charge in [0.05, 0.1) is 5.69 Å². The van der Waals surface area contributed by atoms with E-state index in [2.05, 4.69) is 28.9 Å². The summed E-state index contributed by atoms with van der Waals surface area (Å²) in [4.78, 5) is 21.7. The number of pyridine rings is 1. The molecule has 5 nitrogen and oxygen atoms in total. The molecule has 2 aromatic rings. The van der Waals surface area contributed by atoms with Crippen LogP contribution < -0.4 is 4.74 Å². The van der Waals surface area contributed by atoms with Gasteiger partial charge in [-0.15, -0.1) is 0 Å². The van der Waals surface area contributed by atoms with Crippen LogP contribution in [0.1, 0.15) is 23.2 Å². The first-order chi connectivity index (χ1) is 12.7. The summed E-state index contributed by atoms with van der Waals surface area (Å²) in [5.74, 6) is 0.995. The predicted molar refractivity (Wildman–Crippen MR) is 100 cm³/mol. The van der Waals surface area contributed by atoms with Crippen molar-refractivity contribution in [3.05, 3.63) is 59.4 Å². The molecule has 136 valence electrons. The highest BCUT2D eigenvalue weighted by Gasteiger charge is 2.31. The zero-order valence-electron chi connectivity index (χ0n) is 15.2. The van der Waals surface area contributed by atoms with Crippen LogP contribution in [0.5, 0.6) is 5.75 Å². The van der Waals surface area contributed by atoms with E-state index < -0.39 is 0 Å². The number of aryl methyl sites for hydroxylation is 2. The van der Waals surface area contributed by atoms with Gasteiger partial charge in [0.1, 0.15) is 5.75 Å². The highest BCUT2D eigenvalue weighted by molar-refractivity contribution is 5.81. The number of hydrogen-bond acceptors (Lipinski definition) is 4. The molecule has 0 radical (unpaired) electrons. The molecule has 0 saturated carbocycles. The van der Waals surface area contributed by atoms with Crippen LogP contribution in [-0.2, 0) is 17.8 Å². The van der Waals surface area contributed by atoms with Gasteiger partial charge in [-0.25, -0.2) is 0 Å². The molecule has 2 aliphatic rings. The van der Waals surface area contributed by atoms with E-state index in [0.29, 0.717) is 0 Å². The first kappa shape index (κ1) is 17.0. The number of nitrogens with zero attached hydrogens (tertiary/aromatic N) is 3. The summed E-state index contributed by atoms with van der Waals surface area (Å²) < 4.78 is 5.97. The summed E-state index contributed by atoms with van der Waals surface area (Å²) in [6.07, 6.45) is 3.18. The van der Waals surface area contributed by atoms with E-state index >= 15 is 0 Å². The van der Waals surface area contributed by atoms with Gasteiger partial charge < -0.3 is 9.64 Å². The second-order valence-corrected chi connectivity index (χ2v) is 7.12. The van der Waals surface area contributed by atoms with Crippen molar-refractivity contribution in [2.24, 2.45) is 0 Å². The average molecular weight is 351 g/mol. The van der Waals surface area contributed by atoms with Crippen molar-refractivity contribution < 1.29 is 9.53 Å². The van der Waals surface area contributed by atoms with Crippen molar-refractivity contribution in [3.8, 4) is 5.75 Å². The number of hydrogen-bond donors (Lipinski definition) is 0. The molecular formula is C21H25N3O2. The number of para-hydroxylation sites is 1. The second-order valence-electron chi connectivity index (χ2n) is 7.12. The fourth-order valence-electron chi connectivity index (χ4n) is 3.72. The standard InChI is InChI=1S/C21H25N3O2/c1-16-5-4-10-22-18(16)15-23-11-13-24(14-12-23)21(25)20-9-8-17-6-2-3-7-19(17)26-20/h2-7,10,20H,8-9,11-15H2,1H3. The van der Waals surface area contributed by atoms with E-state index in [4.69, 9.17) is 4.74 Å². The molecule has 4 rings (SSSR count). The smallest absolute Gasteiger partial charge is 0.263 e. The molecule has 26 heavy (non-hydrogen) atoms. The topological polar surface area (TPSA) is 45.7 Å². The number of amides is 1. The Hall–Kier alpha value is -2.40. The lowest BCUT2D eigenvalue weighted by Gasteiger charge is -2.37. The van der Waals surface area contributed by atoms with Gasteiger partial charge in [-0.3, -0.25) is 14.7 Å². The maximum Gasteiger partial charge on any atom is 0.263 e. The Morgan fingerprint density at radius 1 is 1.15 bits per heavy atom. The lowest BCUT2D eigenvalue weighted by molar-refractivity contribution is -0.141. The Morgan fingerprint density at radius 2 is 1.96 bits per heavy atom. The van der Waals surface area contributed by atoms with Gasteiger partial charge in [0.2, 0.25) is 0 Å². The molecule has 1 atom stereocenters. The Kier molecular flexibility index (Phi) is 4.89. The van der Waals surface area contributed by atoms with Gasteiger partial charge in [0.15, 0.2) is 6.10 Å². The van der Waals surface area contributed by atoms with Crippen LogP contribution >= 0.6 is 0 Å². The molecule has 1 unspecified atom stereocenters. The van der Waals surface area contributed by atoms with Gasteiger partial charge >= 0.3 is 0 Å². The molecule has 1 fully saturated rings. The molecule has 1 aromatic heterocycles. The van der Waals surface area contributed by atoms with E-state index in [1.165, 1.54) is 11.1 Å². The Balaban J connectivity index is 1.32. The van der Waals surface area contributed by atoms with E-state index in [1.807, 2.05) is 35.4 Å². The number of benzene rings is 1. The molecule has 1 aromatic carbocycles. The minimum absolute atomic E-state index is 0.133. The Labute approximate surface area is 154 Å². The Morgan fingerprint density at radius 3 is 2.77 bits per heavy atom. The van der Waals surface area contributed by atoms with Crippen molar-refractivity contribution in [2.45, 2.75) is 32.4 Å². The molecule has 0 spiro atoms. The lowest BCUT2D eigenvalue weighted by atomic mass is 10.0. The van der Waals surface area contributed by atoms with Gasteiger partial charge in [0, 0.05) is 38.9 Å². The van der Waals surface area contributed by atoms with E-state index in [9.17, 15) is 4.79 Å². The molecule has 1 amide bonds. The molecule has 0 bridgehead atoms. The normalized spacial score (nSPS) is 20.3. The van der Waals surface area contributed by atoms with E-state index in [1.54, 1.807) is 0 Å². The fourth-order valence-corrected chi connectivity index (χ4v) is 3.72. The number of piperazine rings is 1. The summed E-state index contributed by atoms with van der Waals surface area (Å²) in [6, 6.07) is 12.1. The van der Waals surface area contributed by atoms with Crippen LogP contribution in [0.3, 0.4) is 0 Å². The van der Waals surface area contributed by atoms with Crippen LogP contribution in [0.25, 0.3) is 0 Å². The highest BCUT2D eigenvalue weighted by Crippen LogP contribution is 2.28. The van der Waals surface area contributed by atoms with E-state index in [0.717, 1.165) is 57.0 Å². The highest BCUT2D eigenvalue weighted by atomic mass is 16.5. The monoisotopic (exact) mass is 351 g/mol. The molecule has 0 N–H and O–H groups in total. The summed E-state index contributed by atoms with van der Waals surface area (Å²) >= 11 is 0. The summed E-state index contributed by atoms with van der Waals surface area (Å²) in [5, 5.41) is 0. The van der Waals surface area contributed by atoms with Gasteiger partial charge in [-0.2, -0.15) is 0 Å². The number of rotatable bonds is 3. The number of aromatic nitrogens is 1. The van der Waals surface area contributed by atoms with Crippen molar-refractivity contribution >= 4 is 5.91 Å². The predicted octanol–water partition coefficient (Wildman–Crippen LogP) is 2.43. The van der Waals surface area contributed by atoms with Crippen molar-refractivity contribution in [1.29, 1.82) is 0 Å². The van der Waals surface area contributed by atoms with E-state index in [-0.39, 0.29) is 12.0 Å². The average Bonchev–Trinajstić information content (AvgIpc) is 2.69.